The van der Waals surface area contributed by atoms with Crippen LogP contribution in [0.15, 0.2) is 110 Å². The van der Waals surface area contributed by atoms with Crippen LogP contribution in [-0.2, 0) is 0 Å². The van der Waals surface area contributed by atoms with Crippen LogP contribution < -0.4 is 0 Å². The van der Waals surface area contributed by atoms with Crippen LogP contribution in [0.1, 0.15) is 0 Å². The Labute approximate surface area is 252 Å². The van der Waals surface area contributed by atoms with Gasteiger partial charge in [-0.1, -0.05) is 0 Å². The molecule has 0 aliphatic carbocycles. The van der Waals surface area contributed by atoms with E-state index in [0.717, 1.165) is 54.6 Å². The molecule has 210 valence electrons. The van der Waals surface area contributed by atoms with Gasteiger partial charge >= 0.3 is 0 Å². The lowest BCUT2D eigenvalue weighted by molar-refractivity contribution is 0.841. The van der Waals surface area contributed by atoms with Crippen molar-refractivity contribution in [2.24, 2.45) is 0 Å². The second-order valence-electron chi connectivity index (χ2n) is 10.5. The second kappa shape index (κ2) is 8.91. The first-order valence-electron chi connectivity index (χ1n) is 14.2. The number of nitrogens with zero attached hydrogens (tertiary/aromatic N) is 12. The fraction of sp³-hybridized carbons (Fsp3) is 0. The minimum atomic E-state index is 0.379. The number of hydrogen-bond donors (Lipinski definition) is 0. The molecule has 0 saturated carbocycles. The molecule has 0 aromatic carbocycles. The van der Waals surface area contributed by atoms with Crippen molar-refractivity contribution in [2.75, 3.05) is 0 Å². The van der Waals surface area contributed by atoms with E-state index in [9.17, 15) is 0 Å². The minimum absolute atomic E-state index is 0.379. The van der Waals surface area contributed by atoms with E-state index in [1.54, 1.807) is 43.4 Å². The summed E-state index contributed by atoms with van der Waals surface area (Å²) in [5.41, 5.74) is 6.38. The summed E-state index contributed by atoms with van der Waals surface area (Å²) in [4.78, 5) is 43.1. The Morgan fingerprint density at radius 3 is 1.71 bits per heavy atom. The minimum Gasteiger partial charge on any atom is -0.275 e. The molecule has 0 fully saturated rings. The molecule has 10 heterocycles. The van der Waals surface area contributed by atoms with Crippen LogP contribution in [-0.4, -0.2) is 58.6 Å². The molecule has 10 rings (SSSR count). The maximum absolute atomic E-state index is 5.13. The summed E-state index contributed by atoms with van der Waals surface area (Å²) >= 11 is 0. The summed E-state index contributed by atoms with van der Waals surface area (Å²) in [5, 5.41) is 3.72. The summed E-state index contributed by atoms with van der Waals surface area (Å²) in [5.74, 6) is 1.16. The van der Waals surface area contributed by atoms with Crippen LogP contribution in [0.25, 0.3) is 83.8 Å². The van der Waals surface area contributed by atoms with Crippen molar-refractivity contribution < 1.29 is 0 Å². The van der Waals surface area contributed by atoms with Gasteiger partial charge in [-0.05, 0) is 60.7 Å². The Hall–Kier alpha value is -6.69. The van der Waals surface area contributed by atoms with Crippen LogP contribution in [0.3, 0.4) is 0 Å². The number of pyridine rings is 6. The van der Waals surface area contributed by atoms with E-state index in [-0.39, 0.29) is 0 Å². The molecule has 0 aliphatic heterocycles. The van der Waals surface area contributed by atoms with E-state index in [4.69, 9.17) is 29.9 Å². The smallest absolute Gasteiger partial charge is 0.242 e. The van der Waals surface area contributed by atoms with Crippen molar-refractivity contribution in [2.45, 2.75) is 0 Å². The third-order valence-corrected chi connectivity index (χ3v) is 8.13. The number of hydrogen-bond acceptors (Lipinski definition) is 9. The fourth-order valence-electron chi connectivity index (χ4n) is 6.29. The fourth-order valence-corrected chi connectivity index (χ4v) is 6.29. The Bertz CT molecular complexity index is 2320. The SMILES string of the molecule is c1cnc2c(c1)c1cnccc1n2-c1nc(-n2c3cnccc3c3ncccc32)nc(-n2c3cccnc3c3cccnc32)n1. The topological polar surface area (TPSA) is 131 Å². The normalized spacial score (nSPS) is 12.0. The van der Waals surface area contributed by atoms with Gasteiger partial charge in [-0.25, -0.2) is 9.97 Å². The van der Waals surface area contributed by atoms with Crippen molar-refractivity contribution in [1.82, 2.24) is 58.6 Å². The maximum Gasteiger partial charge on any atom is 0.242 e. The summed E-state index contributed by atoms with van der Waals surface area (Å²) in [6, 6.07) is 19.6. The number of aromatic nitrogens is 12. The number of rotatable bonds is 3. The summed E-state index contributed by atoms with van der Waals surface area (Å²) in [6.45, 7) is 0. The van der Waals surface area contributed by atoms with Gasteiger partial charge in [0.2, 0.25) is 17.8 Å². The van der Waals surface area contributed by atoms with E-state index < -0.39 is 0 Å². The van der Waals surface area contributed by atoms with Gasteiger partial charge in [-0.3, -0.25) is 33.6 Å². The van der Waals surface area contributed by atoms with E-state index in [1.807, 2.05) is 80.6 Å². The highest BCUT2D eigenvalue weighted by atomic mass is 15.3. The lowest BCUT2D eigenvalue weighted by Gasteiger charge is -2.13. The Balaban J connectivity index is 1.38. The van der Waals surface area contributed by atoms with Crippen LogP contribution in [0.2, 0.25) is 0 Å². The summed E-state index contributed by atoms with van der Waals surface area (Å²) in [6.07, 6.45) is 14.2. The lowest BCUT2D eigenvalue weighted by atomic mass is 10.2. The highest BCUT2D eigenvalue weighted by Crippen LogP contribution is 2.33. The first-order valence-corrected chi connectivity index (χ1v) is 14.2. The van der Waals surface area contributed by atoms with Gasteiger partial charge in [0.25, 0.3) is 0 Å². The van der Waals surface area contributed by atoms with E-state index in [2.05, 4.69) is 15.0 Å². The average Bonchev–Trinajstić information content (AvgIpc) is 3.74. The molecule has 0 radical (unpaired) electrons. The quantitative estimate of drug-likeness (QED) is 0.264. The molecule has 0 atom stereocenters. The lowest BCUT2D eigenvalue weighted by Crippen LogP contribution is -2.13. The monoisotopic (exact) mass is 582 g/mol. The predicted molar refractivity (Wildman–Crippen MR) is 170 cm³/mol. The van der Waals surface area contributed by atoms with Crippen molar-refractivity contribution in [3.8, 4) is 17.8 Å². The maximum atomic E-state index is 5.13. The van der Waals surface area contributed by atoms with Crippen molar-refractivity contribution >= 4 is 65.9 Å². The van der Waals surface area contributed by atoms with Crippen molar-refractivity contribution in [3.05, 3.63) is 110 Å². The van der Waals surface area contributed by atoms with E-state index in [0.29, 0.717) is 29.1 Å². The molecule has 12 nitrogen and oxygen atoms in total. The van der Waals surface area contributed by atoms with Gasteiger partial charge in [-0.15, -0.1) is 0 Å². The molecule has 0 amide bonds. The predicted octanol–water partition coefficient (Wildman–Crippen LogP) is 5.53. The first-order chi connectivity index (χ1) is 22.3. The van der Waals surface area contributed by atoms with Gasteiger partial charge in [0, 0.05) is 64.9 Å². The van der Waals surface area contributed by atoms with Gasteiger partial charge in [0.15, 0.2) is 0 Å². The Morgan fingerprint density at radius 1 is 0.378 bits per heavy atom. The molecule has 10 aromatic heterocycles. The van der Waals surface area contributed by atoms with Crippen LogP contribution >= 0.6 is 0 Å². The van der Waals surface area contributed by atoms with Gasteiger partial charge < -0.3 is 0 Å². The zero-order valence-corrected chi connectivity index (χ0v) is 23.3. The van der Waals surface area contributed by atoms with Gasteiger partial charge in [-0.2, -0.15) is 15.0 Å². The molecule has 45 heavy (non-hydrogen) atoms. The van der Waals surface area contributed by atoms with Crippen molar-refractivity contribution in [3.63, 3.8) is 0 Å². The molecular formula is C33H18N12. The molecule has 0 spiro atoms. The molecule has 0 unspecified atom stereocenters. The number of fused-ring (bicyclic) bond motifs is 9. The van der Waals surface area contributed by atoms with Crippen molar-refractivity contribution in [1.29, 1.82) is 0 Å². The molecule has 0 N–H and O–H groups in total. The molecule has 0 aliphatic rings. The highest BCUT2D eigenvalue weighted by Gasteiger charge is 2.23. The zero-order chi connectivity index (χ0) is 29.5. The molecular weight excluding hydrogens is 564 g/mol. The molecule has 10 aromatic rings. The second-order valence-corrected chi connectivity index (χ2v) is 10.5. The third-order valence-electron chi connectivity index (χ3n) is 8.13. The first kappa shape index (κ1) is 23.8. The molecule has 0 saturated heterocycles. The third kappa shape index (κ3) is 3.27. The Kier molecular flexibility index (Phi) is 4.72. The van der Waals surface area contributed by atoms with Gasteiger partial charge in [0.05, 0.1) is 39.3 Å². The van der Waals surface area contributed by atoms with Crippen LogP contribution in [0, 0.1) is 0 Å². The largest absolute Gasteiger partial charge is 0.275 e. The van der Waals surface area contributed by atoms with Crippen LogP contribution in [0.4, 0.5) is 0 Å². The zero-order valence-electron chi connectivity index (χ0n) is 23.3. The van der Waals surface area contributed by atoms with E-state index in [1.165, 1.54) is 0 Å². The van der Waals surface area contributed by atoms with Crippen LogP contribution in [0.5, 0.6) is 0 Å². The molecule has 12 heteroatoms. The summed E-state index contributed by atoms with van der Waals surface area (Å²) < 4.78 is 5.85. The van der Waals surface area contributed by atoms with Gasteiger partial charge in [0.1, 0.15) is 11.3 Å². The highest BCUT2D eigenvalue weighted by molar-refractivity contribution is 6.08. The Morgan fingerprint density at radius 2 is 0.933 bits per heavy atom. The van der Waals surface area contributed by atoms with E-state index >= 15 is 0 Å². The standard InChI is InChI=1S/C33H18N12/c1-5-19-22-17-34-16-10-23(22)44(29(19)38-13-1)32-40-31(43-24-7-3-11-36-27(24)20-9-15-35-18-26(20)43)41-33(42-32)45-25-8-4-12-37-28(25)21-6-2-14-39-30(21)45/h1-18H. The summed E-state index contributed by atoms with van der Waals surface area (Å²) in [7, 11) is 0. The molecule has 0 bridgehead atoms. The average molecular weight is 583 g/mol.